The average molecular weight is 314 g/mol. The second-order valence-electron chi connectivity index (χ2n) is 5.33. The van der Waals surface area contributed by atoms with Gasteiger partial charge in [-0.25, -0.2) is 0 Å². The van der Waals surface area contributed by atoms with Gasteiger partial charge in [0.15, 0.2) is 0 Å². The van der Waals surface area contributed by atoms with E-state index in [1.54, 1.807) is 4.90 Å². The summed E-state index contributed by atoms with van der Waals surface area (Å²) in [5.41, 5.74) is -0.583. The third kappa shape index (κ3) is 3.99. The number of hydrogen-bond acceptors (Lipinski definition) is 2. The van der Waals surface area contributed by atoms with E-state index in [4.69, 9.17) is 0 Å². The molecule has 0 saturated carbocycles. The highest BCUT2D eigenvalue weighted by Gasteiger charge is 2.30. The summed E-state index contributed by atoms with van der Waals surface area (Å²) < 4.78 is 37.4. The quantitative estimate of drug-likeness (QED) is 0.911. The molecule has 1 aliphatic heterocycles. The molecule has 1 aromatic carbocycles. The number of alkyl halides is 3. The van der Waals surface area contributed by atoms with E-state index < -0.39 is 17.6 Å². The number of carbonyl (C=O) groups is 2. The van der Waals surface area contributed by atoms with Crippen LogP contribution in [0.3, 0.4) is 0 Å². The minimum atomic E-state index is -4.41. The monoisotopic (exact) mass is 314 g/mol. The fourth-order valence-corrected chi connectivity index (χ4v) is 2.42. The van der Waals surface area contributed by atoms with Crippen LogP contribution in [0.15, 0.2) is 24.3 Å². The Morgan fingerprint density at radius 3 is 2.14 bits per heavy atom. The fraction of sp³-hybridized carbons (Fsp3) is 0.467. The van der Waals surface area contributed by atoms with E-state index in [1.165, 1.54) is 19.1 Å². The minimum Gasteiger partial charge on any atom is -0.349 e. The molecule has 2 rings (SSSR count). The highest BCUT2D eigenvalue weighted by molar-refractivity contribution is 5.94. The van der Waals surface area contributed by atoms with Crippen molar-refractivity contribution in [1.82, 2.24) is 10.2 Å². The van der Waals surface area contributed by atoms with Gasteiger partial charge in [0, 0.05) is 31.6 Å². The molecule has 1 fully saturated rings. The zero-order valence-corrected chi connectivity index (χ0v) is 12.1. The maximum atomic E-state index is 12.5. The Bertz CT molecular complexity index is 547. The first kappa shape index (κ1) is 16.3. The first-order chi connectivity index (χ1) is 10.3. The molecule has 0 atom stereocenters. The van der Waals surface area contributed by atoms with Crippen LogP contribution in [0.1, 0.15) is 35.7 Å². The van der Waals surface area contributed by atoms with Crippen molar-refractivity contribution in [3.05, 3.63) is 35.4 Å². The Hall–Kier alpha value is -2.05. The number of nitrogens with zero attached hydrogens (tertiary/aromatic N) is 1. The Kier molecular flexibility index (Phi) is 4.73. The van der Waals surface area contributed by atoms with Gasteiger partial charge in [-0.3, -0.25) is 9.59 Å². The van der Waals surface area contributed by atoms with Crippen LogP contribution in [0.2, 0.25) is 0 Å². The number of nitrogens with one attached hydrogen (secondary N) is 1. The van der Waals surface area contributed by atoms with Gasteiger partial charge < -0.3 is 10.2 Å². The highest BCUT2D eigenvalue weighted by Crippen LogP contribution is 2.29. The molecule has 0 aromatic heterocycles. The third-order valence-corrected chi connectivity index (χ3v) is 3.75. The molecular weight excluding hydrogens is 297 g/mol. The van der Waals surface area contributed by atoms with E-state index in [1.807, 2.05) is 0 Å². The molecule has 1 aromatic rings. The Morgan fingerprint density at radius 2 is 1.68 bits per heavy atom. The Balaban J connectivity index is 1.92. The number of piperidine rings is 1. The number of amides is 2. The lowest BCUT2D eigenvalue weighted by Gasteiger charge is -2.31. The van der Waals surface area contributed by atoms with Gasteiger partial charge in [-0.05, 0) is 37.1 Å². The zero-order valence-electron chi connectivity index (χ0n) is 12.1. The smallest absolute Gasteiger partial charge is 0.349 e. The van der Waals surface area contributed by atoms with Crippen molar-refractivity contribution in [3.63, 3.8) is 0 Å². The van der Waals surface area contributed by atoms with Crippen LogP contribution in [-0.2, 0) is 11.0 Å². The molecule has 120 valence electrons. The van der Waals surface area contributed by atoms with Gasteiger partial charge in [0.1, 0.15) is 0 Å². The van der Waals surface area contributed by atoms with Gasteiger partial charge >= 0.3 is 6.18 Å². The van der Waals surface area contributed by atoms with Crippen molar-refractivity contribution in [3.8, 4) is 0 Å². The van der Waals surface area contributed by atoms with Crippen molar-refractivity contribution in [2.45, 2.75) is 32.0 Å². The number of likely N-dealkylation sites (tertiary alicyclic amines) is 1. The van der Waals surface area contributed by atoms with Gasteiger partial charge in [0.05, 0.1) is 5.56 Å². The number of carbonyl (C=O) groups excluding carboxylic acids is 2. The number of benzene rings is 1. The van der Waals surface area contributed by atoms with Crippen LogP contribution >= 0.6 is 0 Å². The first-order valence-corrected chi connectivity index (χ1v) is 7.01. The maximum absolute atomic E-state index is 12.5. The summed E-state index contributed by atoms with van der Waals surface area (Å²) in [4.78, 5) is 24.9. The summed E-state index contributed by atoms with van der Waals surface area (Å²) in [6.07, 6.45) is -3.12. The molecule has 1 saturated heterocycles. The van der Waals surface area contributed by atoms with Crippen molar-refractivity contribution < 1.29 is 22.8 Å². The molecule has 0 aliphatic carbocycles. The maximum Gasteiger partial charge on any atom is 0.416 e. The number of rotatable bonds is 2. The van der Waals surface area contributed by atoms with Crippen molar-refractivity contribution in [2.75, 3.05) is 13.1 Å². The zero-order chi connectivity index (χ0) is 16.3. The van der Waals surface area contributed by atoms with Crippen LogP contribution in [0, 0.1) is 0 Å². The average Bonchev–Trinajstić information content (AvgIpc) is 2.47. The highest BCUT2D eigenvalue weighted by atomic mass is 19.4. The topological polar surface area (TPSA) is 49.4 Å². The van der Waals surface area contributed by atoms with Gasteiger partial charge in [0.25, 0.3) is 5.91 Å². The van der Waals surface area contributed by atoms with Crippen molar-refractivity contribution in [2.24, 2.45) is 0 Å². The molecule has 1 heterocycles. The predicted octanol–water partition coefficient (Wildman–Crippen LogP) is 2.45. The van der Waals surface area contributed by atoms with Gasteiger partial charge in [0.2, 0.25) is 5.91 Å². The second kappa shape index (κ2) is 6.37. The van der Waals surface area contributed by atoms with Gasteiger partial charge in [-0.15, -0.1) is 0 Å². The molecule has 0 spiro atoms. The molecule has 1 N–H and O–H groups in total. The SMILES string of the molecule is CC(=O)N1CCC(NC(=O)c2ccc(C(F)(F)F)cc2)CC1. The molecule has 7 heteroatoms. The molecule has 1 aliphatic rings. The van der Waals surface area contributed by atoms with Crippen LogP contribution in [0.4, 0.5) is 13.2 Å². The summed E-state index contributed by atoms with van der Waals surface area (Å²) >= 11 is 0. The predicted molar refractivity (Wildman–Crippen MR) is 74.2 cm³/mol. The summed E-state index contributed by atoms with van der Waals surface area (Å²) in [7, 11) is 0. The molecule has 2 amide bonds. The van der Waals surface area contributed by atoms with Crippen LogP contribution in [0.25, 0.3) is 0 Å². The third-order valence-electron chi connectivity index (χ3n) is 3.75. The summed E-state index contributed by atoms with van der Waals surface area (Å²) in [5.74, 6) is -0.387. The Labute approximate surface area is 126 Å². The molecule has 0 radical (unpaired) electrons. The van der Waals surface area contributed by atoms with Crippen LogP contribution < -0.4 is 5.32 Å². The normalized spacial score (nSPS) is 16.5. The van der Waals surface area contributed by atoms with Crippen molar-refractivity contribution in [1.29, 1.82) is 0 Å². The van der Waals surface area contributed by atoms with E-state index in [2.05, 4.69) is 5.32 Å². The van der Waals surface area contributed by atoms with E-state index in [0.717, 1.165) is 12.1 Å². The van der Waals surface area contributed by atoms with Crippen LogP contribution in [-0.4, -0.2) is 35.8 Å². The Morgan fingerprint density at radius 1 is 1.14 bits per heavy atom. The number of hydrogen-bond donors (Lipinski definition) is 1. The van der Waals surface area contributed by atoms with E-state index in [-0.39, 0.29) is 17.5 Å². The van der Waals surface area contributed by atoms with E-state index in [9.17, 15) is 22.8 Å². The van der Waals surface area contributed by atoms with Crippen LogP contribution in [0.5, 0.6) is 0 Å². The lowest BCUT2D eigenvalue weighted by atomic mass is 10.0. The molecule has 0 unspecified atom stereocenters. The fourth-order valence-electron chi connectivity index (χ4n) is 2.42. The molecule has 4 nitrogen and oxygen atoms in total. The number of halogens is 3. The molecular formula is C15H17F3N2O2. The van der Waals surface area contributed by atoms with E-state index in [0.29, 0.717) is 25.9 Å². The molecule has 22 heavy (non-hydrogen) atoms. The minimum absolute atomic E-state index is 0.00696. The largest absolute Gasteiger partial charge is 0.416 e. The molecule has 0 bridgehead atoms. The first-order valence-electron chi connectivity index (χ1n) is 7.01. The van der Waals surface area contributed by atoms with E-state index >= 15 is 0 Å². The lowest BCUT2D eigenvalue weighted by molar-refractivity contribution is -0.137. The van der Waals surface area contributed by atoms with Crippen molar-refractivity contribution >= 4 is 11.8 Å². The van der Waals surface area contributed by atoms with Gasteiger partial charge in [-0.2, -0.15) is 13.2 Å². The summed E-state index contributed by atoms with van der Waals surface area (Å²) in [5, 5.41) is 2.79. The summed E-state index contributed by atoms with van der Waals surface area (Å²) in [6.45, 7) is 2.65. The van der Waals surface area contributed by atoms with Gasteiger partial charge in [-0.1, -0.05) is 0 Å². The summed E-state index contributed by atoms with van der Waals surface area (Å²) in [6, 6.07) is 4.07. The standard InChI is InChI=1S/C15H17F3N2O2/c1-10(21)20-8-6-13(7-9-20)19-14(22)11-2-4-12(5-3-11)15(16,17)18/h2-5,13H,6-9H2,1H3,(H,19,22). The second-order valence-corrected chi connectivity index (χ2v) is 5.33. The lowest BCUT2D eigenvalue weighted by Crippen LogP contribution is -2.46.